The van der Waals surface area contributed by atoms with Crippen LogP contribution in [0, 0.1) is 0 Å². The zero-order chi connectivity index (χ0) is 11.4. The zero-order valence-electron chi connectivity index (χ0n) is 10.7. The molecule has 0 amide bonds. The Hall–Kier alpha value is -0.790. The first-order chi connectivity index (χ1) is 7.08. The topological polar surface area (TPSA) is 15.6 Å². The van der Waals surface area contributed by atoms with Crippen LogP contribution < -0.4 is 0 Å². The molecule has 1 aliphatic heterocycles. The third-order valence-electron chi connectivity index (χ3n) is 2.98. The van der Waals surface area contributed by atoms with Crippen molar-refractivity contribution in [1.29, 1.82) is 0 Å². The second kappa shape index (κ2) is 5.34. The van der Waals surface area contributed by atoms with Crippen LogP contribution in [0.2, 0.25) is 0 Å². The Morgan fingerprint density at radius 2 is 2.13 bits per heavy atom. The molecule has 2 nitrogen and oxygen atoms in total. The second-order valence-corrected chi connectivity index (χ2v) is 4.54. The Morgan fingerprint density at radius 3 is 2.60 bits per heavy atom. The van der Waals surface area contributed by atoms with Gasteiger partial charge in [-0.2, -0.15) is 0 Å². The Morgan fingerprint density at radius 1 is 1.47 bits per heavy atom. The summed E-state index contributed by atoms with van der Waals surface area (Å²) >= 11 is 0. The van der Waals surface area contributed by atoms with Crippen LogP contribution in [0.3, 0.4) is 0 Å². The van der Waals surface area contributed by atoms with E-state index in [9.17, 15) is 0 Å². The fourth-order valence-corrected chi connectivity index (χ4v) is 2.03. The maximum atomic E-state index is 4.75. The first kappa shape index (κ1) is 12.3. The van der Waals surface area contributed by atoms with E-state index in [2.05, 4.69) is 45.7 Å². The average Bonchev–Trinajstić information content (AvgIpc) is 2.20. The summed E-state index contributed by atoms with van der Waals surface area (Å²) in [7, 11) is 0. The Labute approximate surface area is 94.1 Å². The summed E-state index contributed by atoms with van der Waals surface area (Å²) in [5.74, 6) is 0. The first-order valence-corrected chi connectivity index (χ1v) is 6.10. The molecule has 2 heteroatoms. The third kappa shape index (κ3) is 3.08. The van der Waals surface area contributed by atoms with Gasteiger partial charge in [0.1, 0.15) is 0 Å². The molecule has 15 heavy (non-hydrogen) atoms. The highest BCUT2D eigenvalue weighted by Gasteiger charge is 2.21. The van der Waals surface area contributed by atoms with Crippen molar-refractivity contribution in [3.8, 4) is 0 Å². The molecule has 0 bridgehead atoms. The molecule has 86 valence electrons. The fraction of sp³-hybridized carbons (Fsp3) is 0.769. The molecule has 0 spiro atoms. The molecule has 1 aliphatic rings. The van der Waals surface area contributed by atoms with Gasteiger partial charge in [-0.1, -0.05) is 6.92 Å². The molecule has 1 heterocycles. The van der Waals surface area contributed by atoms with Gasteiger partial charge >= 0.3 is 0 Å². The van der Waals surface area contributed by atoms with Crippen molar-refractivity contribution in [1.82, 2.24) is 4.90 Å². The Bertz CT molecular complexity index is 264. The monoisotopic (exact) mass is 208 g/mol. The van der Waals surface area contributed by atoms with Gasteiger partial charge in [0.25, 0.3) is 0 Å². The van der Waals surface area contributed by atoms with Crippen molar-refractivity contribution in [2.75, 3.05) is 6.54 Å². The van der Waals surface area contributed by atoms with Crippen LogP contribution in [0.15, 0.2) is 16.8 Å². The molecule has 0 radical (unpaired) electrons. The van der Waals surface area contributed by atoms with Crippen LogP contribution in [-0.4, -0.2) is 29.2 Å². The minimum Gasteiger partial charge on any atom is -0.370 e. The summed E-state index contributed by atoms with van der Waals surface area (Å²) in [5.41, 5.74) is 2.86. The summed E-state index contributed by atoms with van der Waals surface area (Å²) < 4.78 is 0. The number of allylic oxidation sites excluding steroid dienone is 1. The molecule has 0 aromatic carbocycles. The molecule has 0 saturated carbocycles. The Kier molecular flexibility index (Phi) is 4.37. The number of nitrogens with zero attached hydrogens (tertiary/aromatic N) is 2. The highest BCUT2D eigenvalue weighted by atomic mass is 15.1. The van der Waals surface area contributed by atoms with Crippen molar-refractivity contribution in [3.05, 3.63) is 11.8 Å². The quantitative estimate of drug-likeness (QED) is 0.695. The molecule has 0 aromatic heterocycles. The molecule has 1 unspecified atom stereocenters. The van der Waals surface area contributed by atoms with E-state index in [1.807, 2.05) is 0 Å². The molecule has 0 fully saturated rings. The standard InChI is InChI=1S/C13H24N2/c1-6-12-8-13(14-10(3)4)11(5)15(7-2)9-12/h9-11H,6-8H2,1-5H3. The van der Waals surface area contributed by atoms with Gasteiger partial charge in [-0.25, -0.2) is 0 Å². The van der Waals surface area contributed by atoms with Gasteiger partial charge in [0.2, 0.25) is 0 Å². The van der Waals surface area contributed by atoms with E-state index in [1.165, 1.54) is 11.3 Å². The summed E-state index contributed by atoms with van der Waals surface area (Å²) in [5, 5.41) is 0. The lowest BCUT2D eigenvalue weighted by Crippen LogP contribution is -2.39. The van der Waals surface area contributed by atoms with Crippen LogP contribution in [-0.2, 0) is 0 Å². The maximum absolute atomic E-state index is 4.75. The summed E-state index contributed by atoms with van der Waals surface area (Å²) in [6.07, 6.45) is 4.54. The van der Waals surface area contributed by atoms with E-state index >= 15 is 0 Å². The Balaban J connectivity index is 2.89. The minimum atomic E-state index is 0.414. The number of rotatable bonds is 3. The van der Waals surface area contributed by atoms with Gasteiger partial charge in [-0.3, -0.25) is 4.99 Å². The third-order valence-corrected chi connectivity index (χ3v) is 2.98. The summed E-state index contributed by atoms with van der Waals surface area (Å²) in [4.78, 5) is 7.14. The minimum absolute atomic E-state index is 0.414. The van der Waals surface area contributed by atoms with Crippen LogP contribution >= 0.6 is 0 Å². The number of hydrogen-bond acceptors (Lipinski definition) is 2. The first-order valence-electron chi connectivity index (χ1n) is 6.10. The van der Waals surface area contributed by atoms with Crippen LogP contribution in [0.25, 0.3) is 0 Å². The SMILES string of the molecule is CCC1=CN(CC)C(C)C(=NC(C)C)C1. The molecule has 0 aromatic rings. The van der Waals surface area contributed by atoms with Crippen LogP contribution in [0.4, 0.5) is 0 Å². The molecular weight excluding hydrogens is 184 g/mol. The van der Waals surface area contributed by atoms with E-state index in [0.717, 1.165) is 19.4 Å². The van der Waals surface area contributed by atoms with Crippen molar-refractivity contribution >= 4 is 5.71 Å². The van der Waals surface area contributed by atoms with Crippen LogP contribution in [0.1, 0.15) is 47.5 Å². The molecule has 0 N–H and O–H groups in total. The largest absolute Gasteiger partial charge is 0.370 e. The molecule has 0 saturated heterocycles. The lowest BCUT2D eigenvalue weighted by Gasteiger charge is -2.34. The van der Waals surface area contributed by atoms with Crippen LogP contribution in [0.5, 0.6) is 0 Å². The van der Waals surface area contributed by atoms with Gasteiger partial charge < -0.3 is 4.90 Å². The summed E-state index contributed by atoms with van der Waals surface area (Å²) in [6.45, 7) is 12.1. The van der Waals surface area contributed by atoms with E-state index in [-0.39, 0.29) is 0 Å². The predicted octanol–water partition coefficient (Wildman–Crippen LogP) is 3.24. The summed E-state index contributed by atoms with van der Waals surface area (Å²) in [6, 6.07) is 0.894. The zero-order valence-corrected chi connectivity index (χ0v) is 10.7. The van der Waals surface area contributed by atoms with Gasteiger partial charge in [-0.15, -0.1) is 0 Å². The lowest BCUT2D eigenvalue weighted by atomic mass is 9.97. The van der Waals surface area contributed by atoms with E-state index < -0.39 is 0 Å². The van der Waals surface area contributed by atoms with Crippen molar-refractivity contribution < 1.29 is 0 Å². The van der Waals surface area contributed by atoms with E-state index in [0.29, 0.717) is 12.1 Å². The highest BCUT2D eigenvalue weighted by Crippen LogP contribution is 2.21. The molecule has 0 aliphatic carbocycles. The molecule has 1 rings (SSSR count). The van der Waals surface area contributed by atoms with Gasteiger partial charge in [0.15, 0.2) is 0 Å². The fourth-order valence-electron chi connectivity index (χ4n) is 2.03. The van der Waals surface area contributed by atoms with Gasteiger partial charge in [0, 0.05) is 24.7 Å². The normalized spacial score (nSPS) is 24.9. The van der Waals surface area contributed by atoms with Crippen molar-refractivity contribution in [2.24, 2.45) is 4.99 Å². The highest BCUT2D eigenvalue weighted by molar-refractivity contribution is 5.92. The van der Waals surface area contributed by atoms with Crippen molar-refractivity contribution in [3.63, 3.8) is 0 Å². The van der Waals surface area contributed by atoms with Gasteiger partial charge in [0.05, 0.1) is 6.04 Å². The number of hydrogen-bond donors (Lipinski definition) is 0. The second-order valence-electron chi connectivity index (χ2n) is 4.54. The average molecular weight is 208 g/mol. The van der Waals surface area contributed by atoms with E-state index in [1.54, 1.807) is 0 Å². The predicted molar refractivity (Wildman–Crippen MR) is 67.4 cm³/mol. The van der Waals surface area contributed by atoms with Crippen molar-refractivity contribution in [2.45, 2.75) is 59.5 Å². The lowest BCUT2D eigenvalue weighted by molar-refractivity contribution is 0.354. The maximum Gasteiger partial charge on any atom is 0.0639 e. The molecule has 1 atom stereocenters. The van der Waals surface area contributed by atoms with E-state index in [4.69, 9.17) is 4.99 Å². The number of aliphatic imine (C=N–C) groups is 1. The molecular formula is C13H24N2. The van der Waals surface area contributed by atoms with Gasteiger partial charge in [-0.05, 0) is 45.9 Å². The smallest absolute Gasteiger partial charge is 0.0639 e.